The van der Waals surface area contributed by atoms with E-state index in [1.165, 1.54) is 4.90 Å². The molecule has 0 aromatic heterocycles. The van der Waals surface area contributed by atoms with Gasteiger partial charge in [-0.05, 0) is 12.8 Å². The van der Waals surface area contributed by atoms with Crippen molar-refractivity contribution in [2.24, 2.45) is 0 Å². The third kappa shape index (κ3) is 3.36. The number of carbonyl (C=O) groups is 2. The lowest BCUT2D eigenvalue weighted by Crippen LogP contribution is -2.54. The second-order valence-electron chi connectivity index (χ2n) is 5.15. The first-order valence-corrected chi connectivity index (χ1v) is 6.78. The summed E-state index contributed by atoms with van der Waals surface area (Å²) in [5, 5.41) is 9.04. The number of carbonyl (C=O) groups excluding carboxylic acids is 1. The Hall–Kier alpha value is -1.44. The summed E-state index contributed by atoms with van der Waals surface area (Å²) in [6.07, 6.45) is -2.21. The maximum atomic E-state index is 12.3. The fourth-order valence-corrected chi connectivity index (χ4v) is 2.81. The molecule has 0 spiro atoms. The molecule has 2 amide bonds. The number of rotatable bonds is 3. The van der Waals surface area contributed by atoms with Gasteiger partial charge in [-0.15, -0.1) is 0 Å². The molecule has 0 aliphatic carbocycles. The number of hydrogen-bond donors (Lipinski definition) is 1. The molecule has 2 rings (SSSR count). The Bertz CT molecular complexity index is 373. The lowest BCUT2D eigenvalue weighted by molar-refractivity contribution is -0.137. The molecule has 2 aliphatic heterocycles. The van der Waals surface area contributed by atoms with E-state index < -0.39 is 18.6 Å². The Morgan fingerprint density at radius 2 is 1.80 bits per heavy atom. The number of halogens is 2. The van der Waals surface area contributed by atoms with E-state index in [1.54, 1.807) is 9.80 Å². The molecule has 2 fully saturated rings. The summed E-state index contributed by atoms with van der Waals surface area (Å²) >= 11 is 0. The minimum absolute atomic E-state index is 0.193. The Balaban J connectivity index is 1.87. The van der Waals surface area contributed by atoms with Crippen molar-refractivity contribution >= 4 is 12.0 Å². The third-order valence-electron chi connectivity index (χ3n) is 3.86. The molecular weight excluding hydrogens is 272 g/mol. The van der Waals surface area contributed by atoms with Gasteiger partial charge in [0.05, 0.1) is 6.54 Å². The van der Waals surface area contributed by atoms with Crippen LogP contribution in [-0.2, 0) is 4.79 Å². The molecule has 6 nitrogen and oxygen atoms in total. The van der Waals surface area contributed by atoms with Gasteiger partial charge in [-0.25, -0.2) is 13.6 Å². The second-order valence-corrected chi connectivity index (χ2v) is 5.15. The molecule has 0 saturated carbocycles. The zero-order chi connectivity index (χ0) is 14.7. The molecule has 0 aromatic rings. The smallest absolute Gasteiger partial charge is 0.407 e. The molecule has 8 heteroatoms. The van der Waals surface area contributed by atoms with Crippen LogP contribution in [0.15, 0.2) is 0 Å². The van der Waals surface area contributed by atoms with Crippen molar-refractivity contribution in [1.29, 1.82) is 0 Å². The molecule has 2 heterocycles. The fourth-order valence-electron chi connectivity index (χ4n) is 2.81. The number of nitrogens with zero attached hydrogens (tertiary/aromatic N) is 3. The van der Waals surface area contributed by atoms with Crippen molar-refractivity contribution in [2.75, 3.05) is 39.3 Å². The van der Waals surface area contributed by atoms with E-state index in [0.717, 1.165) is 0 Å². The fraction of sp³-hybridized carbons (Fsp3) is 0.833. The average molecular weight is 291 g/mol. The topological polar surface area (TPSA) is 64.1 Å². The minimum Gasteiger partial charge on any atom is -0.465 e. The van der Waals surface area contributed by atoms with Gasteiger partial charge in [0.15, 0.2) is 0 Å². The van der Waals surface area contributed by atoms with Crippen LogP contribution >= 0.6 is 0 Å². The Labute approximate surface area is 115 Å². The second kappa shape index (κ2) is 6.34. The largest absolute Gasteiger partial charge is 0.465 e. The maximum absolute atomic E-state index is 12.3. The van der Waals surface area contributed by atoms with Crippen LogP contribution in [0.3, 0.4) is 0 Å². The quantitative estimate of drug-likeness (QED) is 0.824. The third-order valence-corrected chi connectivity index (χ3v) is 3.86. The van der Waals surface area contributed by atoms with Crippen LogP contribution in [0.1, 0.15) is 12.8 Å². The van der Waals surface area contributed by atoms with Crippen molar-refractivity contribution in [2.45, 2.75) is 25.3 Å². The van der Waals surface area contributed by atoms with Gasteiger partial charge in [0.25, 0.3) is 6.43 Å². The van der Waals surface area contributed by atoms with Crippen molar-refractivity contribution < 1.29 is 23.5 Å². The summed E-state index contributed by atoms with van der Waals surface area (Å²) < 4.78 is 24.5. The highest BCUT2D eigenvalue weighted by atomic mass is 19.3. The van der Waals surface area contributed by atoms with Gasteiger partial charge in [0.1, 0.15) is 6.04 Å². The highest BCUT2D eigenvalue weighted by molar-refractivity contribution is 5.86. The number of carboxylic acid groups (broad SMARTS) is 1. The zero-order valence-electron chi connectivity index (χ0n) is 11.2. The molecular formula is C12H19F2N3O3. The summed E-state index contributed by atoms with van der Waals surface area (Å²) in [5.74, 6) is -0.193. The van der Waals surface area contributed by atoms with Gasteiger partial charge >= 0.3 is 6.09 Å². The van der Waals surface area contributed by atoms with E-state index >= 15 is 0 Å². The van der Waals surface area contributed by atoms with Crippen LogP contribution < -0.4 is 0 Å². The molecule has 0 bridgehead atoms. The average Bonchev–Trinajstić information content (AvgIpc) is 2.87. The van der Waals surface area contributed by atoms with E-state index in [1.807, 2.05) is 0 Å². The summed E-state index contributed by atoms with van der Waals surface area (Å²) in [4.78, 5) is 27.7. The molecule has 1 N–H and O–H groups in total. The number of hydrogen-bond acceptors (Lipinski definition) is 3. The summed E-state index contributed by atoms with van der Waals surface area (Å²) in [6.45, 7) is 1.71. The molecule has 0 radical (unpaired) electrons. The lowest BCUT2D eigenvalue weighted by Gasteiger charge is -2.36. The number of likely N-dealkylation sites (tertiary alicyclic amines) is 1. The van der Waals surface area contributed by atoms with Crippen LogP contribution in [0.4, 0.5) is 13.6 Å². The molecule has 20 heavy (non-hydrogen) atoms. The van der Waals surface area contributed by atoms with E-state index in [0.29, 0.717) is 45.6 Å². The predicted octanol–water partition coefficient (Wildman–Crippen LogP) is 0.538. The van der Waals surface area contributed by atoms with E-state index in [2.05, 4.69) is 0 Å². The van der Waals surface area contributed by atoms with E-state index in [4.69, 9.17) is 5.11 Å². The molecule has 1 atom stereocenters. The van der Waals surface area contributed by atoms with E-state index in [9.17, 15) is 18.4 Å². The molecule has 0 aromatic carbocycles. The predicted molar refractivity (Wildman–Crippen MR) is 66.8 cm³/mol. The molecule has 2 saturated heterocycles. The first kappa shape index (κ1) is 15.0. The van der Waals surface area contributed by atoms with Crippen molar-refractivity contribution in [1.82, 2.24) is 14.7 Å². The van der Waals surface area contributed by atoms with Crippen LogP contribution in [0.5, 0.6) is 0 Å². The zero-order valence-corrected chi connectivity index (χ0v) is 11.2. The number of piperazine rings is 1. The number of amides is 2. The Kier molecular flexibility index (Phi) is 4.74. The van der Waals surface area contributed by atoms with Gasteiger partial charge in [-0.1, -0.05) is 0 Å². The molecule has 0 unspecified atom stereocenters. The van der Waals surface area contributed by atoms with Gasteiger partial charge < -0.3 is 10.0 Å². The first-order chi connectivity index (χ1) is 9.49. The lowest BCUT2D eigenvalue weighted by atomic mass is 10.1. The normalized spacial score (nSPS) is 24.4. The Morgan fingerprint density at radius 1 is 1.15 bits per heavy atom. The van der Waals surface area contributed by atoms with Gasteiger partial charge in [-0.3, -0.25) is 14.6 Å². The van der Waals surface area contributed by atoms with E-state index in [-0.39, 0.29) is 12.5 Å². The minimum atomic E-state index is -2.37. The van der Waals surface area contributed by atoms with Crippen LogP contribution in [0.2, 0.25) is 0 Å². The highest BCUT2D eigenvalue weighted by Crippen LogP contribution is 2.20. The Morgan fingerprint density at radius 3 is 2.35 bits per heavy atom. The summed E-state index contributed by atoms with van der Waals surface area (Å²) in [5.41, 5.74) is 0. The van der Waals surface area contributed by atoms with Gasteiger partial charge in [-0.2, -0.15) is 0 Å². The summed E-state index contributed by atoms with van der Waals surface area (Å²) in [6, 6.07) is -0.603. The standard InChI is InChI=1S/C12H19F2N3O3/c13-10(14)8-15-4-6-16(7-5-15)11(18)9-2-1-3-17(9)12(19)20/h9-10H,1-8H2,(H,19,20)/t9-/m0/s1. The monoisotopic (exact) mass is 291 g/mol. The van der Waals surface area contributed by atoms with Crippen molar-refractivity contribution in [3.63, 3.8) is 0 Å². The van der Waals surface area contributed by atoms with Gasteiger partial charge in [0.2, 0.25) is 5.91 Å². The first-order valence-electron chi connectivity index (χ1n) is 6.78. The van der Waals surface area contributed by atoms with Crippen LogP contribution in [0.25, 0.3) is 0 Å². The maximum Gasteiger partial charge on any atom is 0.407 e. The van der Waals surface area contributed by atoms with Crippen molar-refractivity contribution in [3.05, 3.63) is 0 Å². The van der Waals surface area contributed by atoms with Crippen molar-refractivity contribution in [3.8, 4) is 0 Å². The highest BCUT2D eigenvalue weighted by Gasteiger charge is 2.37. The molecule has 114 valence electrons. The summed E-state index contributed by atoms with van der Waals surface area (Å²) in [7, 11) is 0. The van der Waals surface area contributed by atoms with Crippen LogP contribution in [0, 0.1) is 0 Å². The molecule has 2 aliphatic rings. The number of alkyl halides is 2. The SMILES string of the molecule is O=C([C@@H]1CCCN1C(=O)O)N1CCN(CC(F)F)CC1. The van der Waals surface area contributed by atoms with Crippen LogP contribution in [-0.4, -0.2) is 83.5 Å². The van der Waals surface area contributed by atoms with Gasteiger partial charge in [0, 0.05) is 32.7 Å².